The van der Waals surface area contributed by atoms with Crippen molar-refractivity contribution >= 4 is 50.9 Å². The molecule has 3 rings (SSSR count). The van der Waals surface area contributed by atoms with Crippen LogP contribution >= 0.6 is 39.3 Å². The predicted octanol–water partition coefficient (Wildman–Crippen LogP) is 5.44. The molecule has 0 bridgehead atoms. The molecule has 0 saturated carbocycles. The van der Waals surface area contributed by atoms with E-state index in [4.69, 9.17) is 11.6 Å². The number of anilines is 1. The number of nitrogens with one attached hydrogen (secondary N) is 1. The van der Waals surface area contributed by atoms with Crippen molar-refractivity contribution in [1.29, 1.82) is 0 Å². The largest absolute Gasteiger partial charge is 0.321 e. The van der Waals surface area contributed by atoms with E-state index in [9.17, 15) is 4.79 Å². The van der Waals surface area contributed by atoms with Crippen molar-refractivity contribution in [3.05, 3.63) is 81.5 Å². The summed E-state index contributed by atoms with van der Waals surface area (Å²) in [6.07, 6.45) is 1.59. The summed E-state index contributed by atoms with van der Waals surface area (Å²) in [6, 6.07) is 16.9. The molecule has 0 atom stereocenters. The van der Waals surface area contributed by atoms with Crippen LogP contribution in [-0.4, -0.2) is 15.9 Å². The Balaban J connectivity index is 1.74. The number of para-hydroxylation sites is 1. The summed E-state index contributed by atoms with van der Waals surface area (Å²) >= 11 is 10.9. The fraction of sp³-hybridized carbons (Fsp3) is 0.0556. The van der Waals surface area contributed by atoms with Gasteiger partial charge in [0.15, 0.2) is 5.16 Å². The van der Waals surface area contributed by atoms with Gasteiger partial charge in [-0.25, -0.2) is 9.97 Å². The van der Waals surface area contributed by atoms with Gasteiger partial charge in [-0.3, -0.25) is 4.79 Å². The summed E-state index contributed by atoms with van der Waals surface area (Å²) in [5.74, 6) is 0.334. The van der Waals surface area contributed by atoms with E-state index in [0.29, 0.717) is 31.8 Å². The quantitative estimate of drug-likeness (QED) is 0.429. The van der Waals surface area contributed by atoms with E-state index in [1.54, 1.807) is 6.20 Å². The number of hydrogen-bond donors (Lipinski definition) is 1. The van der Waals surface area contributed by atoms with Crippen LogP contribution in [0.4, 0.5) is 5.69 Å². The maximum absolute atomic E-state index is 12.5. The minimum atomic E-state index is -0.292. The van der Waals surface area contributed by atoms with Crippen molar-refractivity contribution in [2.75, 3.05) is 5.32 Å². The normalized spacial score (nSPS) is 10.5. The Morgan fingerprint density at radius 1 is 1.12 bits per heavy atom. The van der Waals surface area contributed by atoms with Gasteiger partial charge in [0.05, 0.1) is 4.47 Å². The fourth-order valence-corrected chi connectivity index (χ4v) is 3.52. The van der Waals surface area contributed by atoms with Gasteiger partial charge in [-0.2, -0.15) is 0 Å². The first-order valence-corrected chi connectivity index (χ1v) is 9.54. The molecule has 4 nitrogen and oxygen atoms in total. The van der Waals surface area contributed by atoms with Crippen molar-refractivity contribution in [3.63, 3.8) is 0 Å². The number of halogens is 2. The van der Waals surface area contributed by atoms with Crippen LogP contribution in [0.1, 0.15) is 16.1 Å². The van der Waals surface area contributed by atoms with Crippen molar-refractivity contribution in [1.82, 2.24) is 9.97 Å². The Morgan fingerprint density at radius 3 is 2.60 bits per heavy atom. The summed E-state index contributed by atoms with van der Waals surface area (Å²) in [4.78, 5) is 21.1. The molecule has 1 amide bonds. The molecule has 0 radical (unpaired) electrons. The number of aromatic nitrogens is 2. The molecule has 0 aliphatic heterocycles. The van der Waals surface area contributed by atoms with Gasteiger partial charge < -0.3 is 5.32 Å². The topological polar surface area (TPSA) is 54.9 Å². The molecule has 0 saturated heterocycles. The number of nitrogens with zero attached hydrogens (tertiary/aromatic N) is 2. The van der Waals surface area contributed by atoms with Crippen LogP contribution < -0.4 is 5.32 Å². The number of benzene rings is 2. The monoisotopic (exact) mass is 433 g/mol. The van der Waals surface area contributed by atoms with E-state index in [-0.39, 0.29) is 5.91 Å². The lowest BCUT2D eigenvalue weighted by Gasteiger charge is -2.08. The number of carbonyl (C=O) groups is 1. The standard InChI is InChI=1S/C18H13BrClN3OS/c19-14-10-21-18(25-11-12-6-4-5-9-15(12)20)23-16(14)17(24)22-13-7-2-1-3-8-13/h1-10H,11H2,(H,22,24). The average Bonchev–Trinajstić information content (AvgIpc) is 2.63. The lowest BCUT2D eigenvalue weighted by molar-refractivity contribution is 0.102. The van der Waals surface area contributed by atoms with Crippen molar-refractivity contribution in [2.24, 2.45) is 0 Å². The zero-order valence-corrected chi connectivity index (χ0v) is 16.1. The first kappa shape index (κ1) is 17.9. The summed E-state index contributed by atoms with van der Waals surface area (Å²) in [7, 11) is 0. The maximum Gasteiger partial charge on any atom is 0.275 e. The molecular weight excluding hydrogens is 422 g/mol. The van der Waals surface area contributed by atoms with Crippen LogP contribution in [-0.2, 0) is 5.75 Å². The summed E-state index contributed by atoms with van der Waals surface area (Å²) < 4.78 is 0.544. The Kier molecular flexibility index (Phi) is 6.07. The second kappa shape index (κ2) is 8.47. The lowest BCUT2D eigenvalue weighted by Crippen LogP contribution is -2.15. The molecule has 3 aromatic rings. The Bertz CT molecular complexity index is 892. The third kappa shape index (κ3) is 4.81. The molecule has 0 spiro atoms. The van der Waals surface area contributed by atoms with Crippen LogP contribution in [0.25, 0.3) is 0 Å². The SMILES string of the molecule is O=C(Nc1ccccc1)c1nc(SCc2ccccc2Cl)ncc1Br. The molecule has 0 unspecified atom stereocenters. The van der Waals surface area contributed by atoms with Gasteiger partial charge in [-0.15, -0.1) is 0 Å². The number of rotatable bonds is 5. The Morgan fingerprint density at radius 2 is 1.84 bits per heavy atom. The molecule has 1 aromatic heterocycles. The van der Waals surface area contributed by atoms with E-state index >= 15 is 0 Å². The van der Waals surface area contributed by atoms with E-state index < -0.39 is 0 Å². The summed E-state index contributed by atoms with van der Waals surface area (Å²) in [5, 5.41) is 4.04. The molecular formula is C18H13BrClN3OS. The molecule has 2 aromatic carbocycles. The van der Waals surface area contributed by atoms with Crippen molar-refractivity contribution in [2.45, 2.75) is 10.9 Å². The molecule has 7 heteroatoms. The van der Waals surface area contributed by atoms with Crippen LogP contribution in [0.15, 0.2) is 70.4 Å². The van der Waals surface area contributed by atoms with Gasteiger partial charge >= 0.3 is 0 Å². The fourth-order valence-electron chi connectivity index (χ4n) is 2.05. The van der Waals surface area contributed by atoms with Gasteiger partial charge in [-0.05, 0) is 39.7 Å². The highest BCUT2D eigenvalue weighted by Gasteiger charge is 2.14. The molecule has 126 valence electrons. The van der Waals surface area contributed by atoms with Crippen molar-refractivity contribution < 1.29 is 4.79 Å². The van der Waals surface area contributed by atoms with Crippen LogP contribution in [0.5, 0.6) is 0 Å². The molecule has 25 heavy (non-hydrogen) atoms. The van der Waals surface area contributed by atoms with E-state index in [1.165, 1.54) is 11.8 Å². The molecule has 0 aliphatic rings. The minimum Gasteiger partial charge on any atom is -0.321 e. The smallest absolute Gasteiger partial charge is 0.275 e. The van der Waals surface area contributed by atoms with Gasteiger partial charge in [-0.1, -0.05) is 59.8 Å². The van der Waals surface area contributed by atoms with E-state index in [0.717, 1.165) is 5.56 Å². The number of carbonyl (C=O) groups excluding carboxylic acids is 1. The second-order valence-electron chi connectivity index (χ2n) is 5.05. The third-order valence-corrected chi connectivity index (χ3v) is 5.14. The Labute approximate surface area is 163 Å². The lowest BCUT2D eigenvalue weighted by atomic mass is 10.2. The molecule has 0 aliphatic carbocycles. The first-order chi connectivity index (χ1) is 12.1. The van der Waals surface area contributed by atoms with Gasteiger partial charge in [0.25, 0.3) is 5.91 Å². The van der Waals surface area contributed by atoms with E-state index in [2.05, 4.69) is 31.2 Å². The molecule has 1 N–H and O–H groups in total. The summed E-state index contributed by atoms with van der Waals surface area (Å²) in [6.45, 7) is 0. The number of thioether (sulfide) groups is 1. The predicted molar refractivity (Wildman–Crippen MR) is 105 cm³/mol. The Hall–Kier alpha value is -1.89. The van der Waals surface area contributed by atoms with Gasteiger partial charge in [0, 0.05) is 22.7 Å². The van der Waals surface area contributed by atoms with Crippen LogP contribution in [0.2, 0.25) is 5.02 Å². The minimum absolute atomic E-state index is 0.292. The maximum atomic E-state index is 12.5. The molecule has 1 heterocycles. The third-order valence-electron chi connectivity index (χ3n) is 3.28. The average molecular weight is 435 g/mol. The number of hydrogen-bond acceptors (Lipinski definition) is 4. The highest BCUT2D eigenvalue weighted by molar-refractivity contribution is 9.10. The van der Waals surface area contributed by atoms with Crippen LogP contribution in [0, 0.1) is 0 Å². The van der Waals surface area contributed by atoms with E-state index in [1.807, 2.05) is 54.6 Å². The first-order valence-electron chi connectivity index (χ1n) is 7.38. The molecule has 0 fully saturated rings. The summed E-state index contributed by atoms with van der Waals surface area (Å²) in [5.41, 5.74) is 2.00. The highest BCUT2D eigenvalue weighted by atomic mass is 79.9. The second-order valence-corrected chi connectivity index (χ2v) is 7.25. The number of amides is 1. The van der Waals surface area contributed by atoms with Crippen molar-refractivity contribution in [3.8, 4) is 0 Å². The van der Waals surface area contributed by atoms with Gasteiger partial charge in [0.1, 0.15) is 5.69 Å². The highest BCUT2D eigenvalue weighted by Crippen LogP contribution is 2.26. The zero-order chi connectivity index (χ0) is 17.6. The van der Waals surface area contributed by atoms with Crippen LogP contribution in [0.3, 0.4) is 0 Å². The van der Waals surface area contributed by atoms with Gasteiger partial charge in [0.2, 0.25) is 0 Å². The zero-order valence-electron chi connectivity index (χ0n) is 12.9.